The molecule has 164 valence electrons. The standard InChI is InChI=1S/C25H23FN2O4/c1-18(32-23-10-6-5-9-22(23)26)25(30)28-27-24(29)16-13-19-11-14-21(15-12-19)31-17-20-7-3-2-4-8-20/h2-16,18H,17H2,1H3,(H,27,29)(H,28,30)/b16-13+. The highest BCUT2D eigenvalue weighted by Crippen LogP contribution is 2.17. The van der Waals surface area contributed by atoms with E-state index >= 15 is 0 Å². The van der Waals surface area contributed by atoms with Crippen LogP contribution in [0.4, 0.5) is 4.39 Å². The van der Waals surface area contributed by atoms with E-state index in [-0.39, 0.29) is 5.75 Å². The largest absolute Gasteiger partial charge is 0.489 e. The van der Waals surface area contributed by atoms with Crippen LogP contribution >= 0.6 is 0 Å². The molecule has 7 heteroatoms. The summed E-state index contributed by atoms with van der Waals surface area (Å²) in [5.41, 5.74) is 6.36. The number of ether oxygens (including phenoxy) is 2. The van der Waals surface area contributed by atoms with Crippen LogP contribution in [-0.4, -0.2) is 17.9 Å². The smallest absolute Gasteiger partial charge is 0.279 e. The molecule has 1 unspecified atom stereocenters. The van der Waals surface area contributed by atoms with Gasteiger partial charge in [-0.15, -0.1) is 0 Å². The highest BCUT2D eigenvalue weighted by Gasteiger charge is 2.16. The Kier molecular flexibility index (Phi) is 7.97. The van der Waals surface area contributed by atoms with Crippen molar-refractivity contribution < 1.29 is 23.5 Å². The summed E-state index contributed by atoms with van der Waals surface area (Å²) in [6.45, 7) is 1.92. The first-order chi connectivity index (χ1) is 15.5. The predicted octanol–water partition coefficient (Wildman–Crippen LogP) is 4.03. The van der Waals surface area contributed by atoms with Crippen molar-refractivity contribution in [2.45, 2.75) is 19.6 Å². The summed E-state index contributed by atoms with van der Waals surface area (Å²) in [4.78, 5) is 24.0. The van der Waals surface area contributed by atoms with E-state index in [4.69, 9.17) is 9.47 Å². The molecule has 0 aromatic heterocycles. The summed E-state index contributed by atoms with van der Waals surface area (Å²) < 4.78 is 24.6. The van der Waals surface area contributed by atoms with Gasteiger partial charge in [-0.25, -0.2) is 4.39 Å². The third-order valence-corrected chi connectivity index (χ3v) is 4.37. The maximum atomic E-state index is 13.6. The quantitative estimate of drug-likeness (QED) is 0.415. The minimum atomic E-state index is -1.00. The number of rotatable bonds is 8. The molecule has 1 atom stereocenters. The Bertz CT molecular complexity index is 1070. The van der Waals surface area contributed by atoms with Crippen molar-refractivity contribution >= 4 is 17.9 Å². The molecular weight excluding hydrogens is 411 g/mol. The zero-order valence-corrected chi connectivity index (χ0v) is 17.5. The molecule has 3 aromatic rings. The van der Waals surface area contributed by atoms with Crippen LogP contribution in [0.25, 0.3) is 6.08 Å². The monoisotopic (exact) mass is 434 g/mol. The maximum Gasteiger partial charge on any atom is 0.279 e. The Hall–Kier alpha value is -4.13. The molecular formula is C25H23FN2O4. The van der Waals surface area contributed by atoms with E-state index in [2.05, 4.69) is 10.9 Å². The van der Waals surface area contributed by atoms with E-state index in [9.17, 15) is 14.0 Å². The Morgan fingerprint density at radius 1 is 0.938 bits per heavy atom. The predicted molar refractivity (Wildman–Crippen MR) is 119 cm³/mol. The third-order valence-electron chi connectivity index (χ3n) is 4.37. The molecule has 3 aromatic carbocycles. The molecule has 0 aliphatic carbocycles. The summed E-state index contributed by atoms with van der Waals surface area (Å²) in [5, 5.41) is 0. The number of hydrogen-bond donors (Lipinski definition) is 2. The highest BCUT2D eigenvalue weighted by atomic mass is 19.1. The molecule has 0 spiro atoms. The van der Waals surface area contributed by atoms with Crippen molar-refractivity contribution in [3.05, 3.63) is 102 Å². The fourth-order valence-corrected chi connectivity index (χ4v) is 2.64. The minimum Gasteiger partial charge on any atom is -0.489 e. The molecule has 32 heavy (non-hydrogen) atoms. The average molecular weight is 434 g/mol. The minimum absolute atomic E-state index is 0.0439. The Balaban J connectivity index is 1.42. The average Bonchev–Trinajstić information content (AvgIpc) is 2.82. The second-order valence-electron chi connectivity index (χ2n) is 6.85. The number of hydrogen-bond acceptors (Lipinski definition) is 4. The first kappa shape index (κ1) is 22.6. The number of nitrogens with one attached hydrogen (secondary N) is 2. The summed E-state index contributed by atoms with van der Waals surface area (Å²) >= 11 is 0. The van der Waals surface area contributed by atoms with Crippen molar-refractivity contribution in [3.63, 3.8) is 0 Å². The molecule has 0 aliphatic heterocycles. The first-order valence-corrected chi connectivity index (χ1v) is 9.97. The molecule has 6 nitrogen and oxygen atoms in total. The van der Waals surface area contributed by atoms with Gasteiger partial charge in [0.05, 0.1) is 0 Å². The van der Waals surface area contributed by atoms with Crippen molar-refractivity contribution in [1.82, 2.24) is 10.9 Å². The second kappa shape index (κ2) is 11.3. The van der Waals surface area contributed by atoms with Crippen LogP contribution in [0.5, 0.6) is 11.5 Å². The maximum absolute atomic E-state index is 13.6. The lowest BCUT2D eigenvalue weighted by atomic mass is 10.2. The topological polar surface area (TPSA) is 76.7 Å². The fraction of sp³-hybridized carbons (Fsp3) is 0.120. The molecule has 2 amide bonds. The van der Waals surface area contributed by atoms with E-state index in [0.29, 0.717) is 12.4 Å². The lowest BCUT2D eigenvalue weighted by molar-refractivity contribution is -0.131. The van der Waals surface area contributed by atoms with Gasteiger partial charge in [0, 0.05) is 6.08 Å². The van der Waals surface area contributed by atoms with Crippen LogP contribution in [-0.2, 0) is 16.2 Å². The van der Waals surface area contributed by atoms with Gasteiger partial charge in [-0.05, 0) is 48.4 Å². The van der Waals surface area contributed by atoms with Crippen LogP contribution in [0, 0.1) is 5.82 Å². The van der Waals surface area contributed by atoms with Crippen molar-refractivity contribution in [2.75, 3.05) is 0 Å². The van der Waals surface area contributed by atoms with Gasteiger partial charge in [0.25, 0.3) is 11.8 Å². The molecule has 0 saturated heterocycles. The van der Waals surface area contributed by atoms with Gasteiger partial charge >= 0.3 is 0 Å². The van der Waals surface area contributed by atoms with Gasteiger partial charge in [0.2, 0.25) is 0 Å². The van der Waals surface area contributed by atoms with Crippen LogP contribution in [0.3, 0.4) is 0 Å². The SMILES string of the molecule is CC(Oc1ccccc1F)C(=O)NNC(=O)/C=C/c1ccc(OCc2ccccc2)cc1. The molecule has 0 heterocycles. The zero-order valence-electron chi connectivity index (χ0n) is 17.5. The van der Waals surface area contributed by atoms with Crippen LogP contribution in [0.1, 0.15) is 18.1 Å². The van der Waals surface area contributed by atoms with Crippen LogP contribution in [0.15, 0.2) is 84.9 Å². The van der Waals surface area contributed by atoms with Crippen molar-refractivity contribution in [2.24, 2.45) is 0 Å². The number of halogens is 1. The van der Waals surface area contributed by atoms with Gasteiger partial charge in [-0.3, -0.25) is 20.4 Å². The summed E-state index contributed by atoms with van der Waals surface area (Å²) in [5.74, 6) is -1.05. The molecule has 0 aliphatic rings. The van der Waals surface area contributed by atoms with E-state index < -0.39 is 23.7 Å². The summed E-state index contributed by atoms with van der Waals surface area (Å²) in [6, 6.07) is 22.8. The number of carbonyl (C=O) groups excluding carboxylic acids is 2. The van der Waals surface area contributed by atoms with E-state index in [0.717, 1.165) is 11.1 Å². The van der Waals surface area contributed by atoms with Crippen LogP contribution in [0.2, 0.25) is 0 Å². The Labute approximate surface area is 185 Å². The van der Waals surface area contributed by atoms with Gasteiger partial charge in [0.1, 0.15) is 12.4 Å². The lowest BCUT2D eigenvalue weighted by Crippen LogP contribution is -2.46. The molecule has 0 radical (unpaired) electrons. The van der Waals surface area contributed by atoms with Gasteiger partial charge in [0.15, 0.2) is 17.7 Å². The Morgan fingerprint density at radius 3 is 2.34 bits per heavy atom. The number of carbonyl (C=O) groups is 2. The third kappa shape index (κ3) is 6.98. The summed E-state index contributed by atoms with van der Waals surface area (Å²) in [6.07, 6.45) is 1.88. The zero-order chi connectivity index (χ0) is 22.8. The van der Waals surface area contributed by atoms with Gasteiger partial charge in [-0.2, -0.15) is 0 Å². The van der Waals surface area contributed by atoms with Crippen LogP contribution < -0.4 is 20.3 Å². The molecule has 3 rings (SSSR count). The number of benzene rings is 3. The molecule has 0 saturated carbocycles. The van der Waals surface area contributed by atoms with Crippen molar-refractivity contribution in [3.8, 4) is 11.5 Å². The van der Waals surface area contributed by atoms with Gasteiger partial charge in [-0.1, -0.05) is 54.6 Å². The first-order valence-electron chi connectivity index (χ1n) is 9.97. The summed E-state index contributed by atoms with van der Waals surface area (Å²) in [7, 11) is 0. The van der Waals surface area contributed by atoms with E-state index in [1.807, 2.05) is 54.6 Å². The molecule has 0 bridgehead atoms. The second-order valence-corrected chi connectivity index (χ2v) is 6.85. The fourth-order valence-electron chi connectivity index (χ4n) is 2.64. The molecule has 2 N–H and O–H groups in total. The lowest BCUT2D eigenvalue weighted by Gasteiger charge is -2.15. The van der Waals surface area contributed by atoms with Gasteiger partial charge < -0.3 is 9.47 Å². The van der Waals surface area contributed by atoms with E-state index in [1.165, 1.54) is 31.2 Å². The number of para-hydroxylation sites is 1. The number of hydrazine groups is 1. The van der Waals surface area contributed by atoms with Crippen molar-refractivity contribution in [1.29, 1.82) is 0 Å². The molecule has 0 fully saturated rings. The van der Waals surface area contributed by atoms with E-state index in [1.54, 1.807) is 12.1 Å². The normalized spacial score (nSPS) is 11.6. The highest BCUT2D eigenvalue weighted by molar-refractivity contribution is 5.93. The number of amides is 2. The Morgan fingerprint density at radius 2 is 1.62 bits per heavy atom.